The quantitative estimate of drug-likeness (QED) is 0.647. The van der Waals surface area contributed by atoms with E-state index in [-0.39, 0.29) is 0 Å². The van der Waals surface area contributed by atoms with Crippen LogP contribution in [0.5, 0.6) is 0 Å². The fourth-order valence-corrected chi connectivity index (χ4v) is 2.47. The molecular formula is C12H6BrNO3. The Hall–Kier alpha value is -1.88. The third kappa shape index (κ3) is 1.51. The van der Waals surface area contributed by atoms with Crippen LogP contribution in [0, 0.1) is 0 Å². The normalized spacial score (nSPS) is 11.1. The molecule has 1 N–H and O–H groups in total. The summed E-state index contributed by atoms with van der Waals surface area (Å²) < 4.78 is 5.30. The molecule has 0 saturated carbocycles. The molecule has 1 heterocycles. The Bertz CT molecular complexity index is 848. The van der Waals surface area contributed by atoms with Crippen LogP contribution in [-0.2, 0) is 0 Å². The Morgan fingerprint density at radius 3 is 2.53 bits per heavy atom. The van der Waals surface area contributed by atoms with E-state index in [0.29, 0.717) is 10.9 Å². The summed E-state index contributed by atoms with van der Waals surface area (Å²) >= 11 is 3.40. The monoisotopic (exact) mass is 291 g/mol. The smallest absolute Gasteiger partial charge is 0.372 e. The number of nitrogens with one attached hydrogen (secondary N) is 1. The average Bonchev–Trinajstić information content (AvgIpc) is 2.31. The van der Waals surface area contributed by atoms with Gasteiger partial charge in [-0.05, 0) is 11.5 Å². The van der Waals surface area contributed by atoms with E-state index in [1.165, 1.54) is 0 Å². The molecule has 0 aliphatic heterocycles. The molecule has 0 radical (unpaired) electrons. The molecular weight excluding hydrogens is 286 g/mol. The van der Waals surface area contributed by atoms with Crippen LogP contribution in [0.15, 0.2) is 48.8 Å². The highest BCUT2D eigenvalue weighted by Crippen LogP contribution is 2.28. The van der Waals surface area contributed by atoms with Gasteiger partial charge >= 0.3 is 11.4 Å². The molecule has 0 fully saturated rings. The predicted molar refractivity (Wildman–Crippen MR) is 68.3 cm³/mol. The fourth-order valence-electron chi connectivity index (χ4n) is 1.89. The summed E-state index contributed by atoms with van der Waals surface area (Å²) in [5, 5.41) is 2.10. The highest BCUT2D eigenvalue weighted by molar-refractivity contribution is 9.10. The van der Waals surface area contributed by atoms with Gasteiger partial charge in [0.25, 0.3) is 0 Å². The number of halogens is 1. The predicted octanol–water partition coefficient (Wildman–Crippen LogP) is 2.40. The Labute approximate surface area is 103 Å². The number of H-pyrrole nitrogens is 1. The first kappa shape index (κ1) is 10.3. The zero-order chi connectivity index (χ0) is 12.0. The van der Waals surface area contributed by atoms with Crippen LogP contribution in [0.2, 0.25) is 0 Å². The Morgan fingerprint density at radius 2 is 1.76 bits per heavy atom. The van der Waals surface area contributed by atoms with E-state index in [1.807, 2.05) is 24.3 Å². The zero-order valence-corrected chi connectivity index (χ0v) is 10.1. The van der Waals surface area contributed by atoms with Crippen molar-refractivity contribution in [2.24, 2.45) is 0 Å². The van der Waals surface area contributed by atoms with Gasteiger partial charge in [-0.1, -0.05) is 40.2 Å². The molecule has 0 aliphatic carbocycles. The summed E-state index contributed by atoms with van der Waals surface area (Å²) in [7, 11) is 0. The van der Waals surface area contributed by atoms with Gasteiger partial charge in [-0.2, -0.15) is 0 Å². The van der Waals surface area contributed by atoms with E-state index in [1.54, 1.807) is 6.07 Å². The lowest BCUT2D eigenvalue weighted by Crippen LogP contribution is -2.14. The standard InChI is InChI=1S/C12H6BrNO3/c13-9-5-8-10(14-12(16)17-11(8)15)7-4-2-1-3-6(7)9/h1-5H,(H,14,16). The SMILES string of the molecule is O=c1[nH]c2c(cc(Br)c3ccccc32)c(=O)o1. The average molecular weight is 292 g/mol. The van der Waals surface area contributed by atoms with Crippen LogP contribution in [0.4, 0.5) is 0 Å². The Kier molecular flexibility index (Phi) is 2.16. The van der Waals surface area contributed by atoms with Gasteiger partial charge in [0.2, 0.25) is 0 Å². The van der Waals surface area contributed by atoms with Crippen LogP contribution < -0.4 is 11.4 Å². The summed E-state index contributed by atoms with van der Waals surface area (Å²) in [5.41, 5.74) is -0.125. The molecule has 84 valence electrons. The molecule has 3 aromatic rings. The lowest BCUT2D eigenvalue weighted by atomic mass is 10.1. The number of aromatic nitrogens is 1. The summed E-state index contributed by atoms with van der Waals surface area (Å²) in [6.07, 6.45) is 0. The maximum absolute atomic E-state index is 11.6. The van der Waals surface area contributed by atoms with Gasteiger partial charge in [0.1, 0.15) is 0 Å². The molecule has 0 atom stereocenters. The molecule has 0 spiro atoms. The minimum Gasteiger partial charge on any atom is -0.372 e. The number of hydrogen-bond acceptors (Lipinski definition) is 3. The van der Waals surface area contributed by atoms with Crippen molar-refractivity contribution in [2.45, 2.75) is 0 Å². The van der Waals surface area contributed by atoms with Crippen LogP contribution in [-0.4, -0.2) is 4.98 Å². The van der Waals surface area contributed by atoms with Crippen LogP contribution in [0.3, 0.4) is 0 Å². The van der Waals surface area contributed by atoms with Crippen molar-refractivity contribution in [3.63, 3.8) is 0 Å². The molecule has 5 heteroatoms. The molecule has 17 heavy (non-hydrogen) atoms. The molecule has 0 aliphatic rings. The third-order valence-electron chi connectivity index (χ3n) is 2.63. The highest BCUT2D eigenvalue weighted by atomic mass is 79.9. The summed E-state index contributed by atoms with van der Waals surface area (Å²) in [4.78, 5) is 25.3. The van der Waals surface area contributed by atoms with E-state index in [4.69, 9.17) is 0 Å². The van der Waals surface area contributed by atoms with Crippen molar-refractivity contribution in [2.75, 3.05) is 0 Å². The van der Waals surface area contributed by atoms with Crippen molar-refractivity contribution in [1.82, 2.24) is 4.98 Å². The summed E-state index contributed by atoms with van der Waals surface area (Å²) in [5.74, 6) is -0.741. The largest absolute Gasteiger partial charge is 0.419 e. The lowest BCUT2D eigenvalue weighted by Gasteiger charge is -2.04. The minimum absolute atomic E-state index is 0.357. The van der Waals surface area contributed by atoms with Gasteiger partial charge < -0.3 is 4.42 Å². The van der Waals surface area contributed by atoms with Crippen molar-refractivity contribution in [1.29, 1.82) is 0 Å². The number of benzene rings is 2. The second-order valence-corrected chi connectivity index (χ2v) is 4.48. The van der Waals surface area contributed by atoms with Crippen molar-refractivity contribution in [3.8, 4) is 0 Å². The Balaban J connectivity index is 2.73. The highest BCUT2D eigenvalue weighted by Gasteiger charge is 2.09. The van der Waals surface area contributed by atoms with Gasteiger partial charge in [0, 0.05) is 9.86 Å². The summed E-state index contributed by atoms with van der Waals surface area (Å²) in [6, 6.07) is 9.15. The molecule has 2 aromatic carbocycles. The number of rotatable bonds is 0. The van der Waals surface area contributed by atoms with Crippen molar-refractivity contribution in [3.05, 3.63) is 55.8 Å². The Morgan fingerprint density at radius 1 is 1.06 bits per heavy atom. The molecule has 3 rings (SSSR count). The molecule has 0 saturated heterocycles. The first-order chi connectivity index (χ1) is 8.16. The fraction of sp³-hybridized carbons (Fsp3) is 0. The van der Waals surface area contributed by atoms with Gasteiger partial charge in [0.05, 0.1) is 10.9 Å². The van der Waals surface area contributed by atoms with Gasteiger partial charge in [-0.3, -0.25) is 4.98 Å². The van der Waals surface area contributed by atoms with E-state index in [2.05, 4.69) is 25.3 Å². The van der Waals surface area contributed by atoms with Crippen LogP contribution in [0.25, 0.3) is 21.7 Å². The van der Waals surface area contributed by atoms with Crippen molar-refractivity contribution >= 4 is 37.6 Å². The molecule has 0 bridgehead atoms. The van der Waals surface area contributed by atoms with Gasteiger partial charge in [0.15, 0.2) is 0 Å². The maximum atomic E-state index is 11.6. The van der Waals surface area contributed by atoms with Gasteiger partial charge in [-0.25, -0.2) is 9.59 Å². The first-order valence-corrected chi connectivity index (χ1v) is 5.70. The van der Waals surface area contributed by atoms with Crippen molar-refractivity contribution < 1.29 is 4.42 Å². The third-order valence-corrected chi connectivity index (χ3v) is 3.28. The van der Waals surface area contributed by atoms with E-state index in [9.17, 15) is 9.59 Å². The maximum Gasteiger partial charge on any atom is 0.419 e. The van der Waals surface area contributed by atoms with Crippen LogP contribution >= 0.6 is 15.9 Å². The molecule has 0 amide bonds. The molecule has 4 nitrogen and oxygen atoms in total. The number of fused-ring (bicyclic) bond motifs is 3. The molecule has 1 aromatic heterocycles. The zero-order valence-electron chi connectivity index (χ0n) is 8.49. The van der Waals surface area contributed by atoms with E-state index >= 15 is 0 Å². The second-order valence-electron chi connectivity index (χ2n) is 3.63. The molecule has 0 unspecified atom stereocenters. The van der Waals surface area contributed by atoms with E-state index < -0.39 is 11.4 Å². The van der Waals surface area contributed by atoms with Gasteiger partial charge in [-0.15, -0.1) is 0 Å². The minimum atomic E-state index is -0.741. The summed E-state index contributed by atoms with van der Waals surface area (Å²) in [6.45, 7) is 0. The van der Waals surface area contributed by atoms with Crippen LogP contribution in [0.1, 0.15) is 0 Å². The number of hydrogen-bond donors (Lipinski definition) is 1. The van der Waals surface area contributed by atoms with E-state index in [0.717, 1.165) is 15.2 Å². The number of aromatic amines is 1. The first-order valence-electron chi connectivity index (χ1n) is 4.91. The lowest BCUT2D eigenvalue weighted by molar-refractivity contribution is 0.460. The second kappa shape index (κ2) is 3.56. The topological polar surface area (TPSA) is 63.1 Å².